The number of hydrogen-bond acceptors (Lipinski definition) is 6. The molecule has 0 saturated heterocycles. The molecule has 1 atom stereocenters. The summed E-state index contributed by atoms with van der Waals surface area (Å²) in [6.07, 6.45) is 0. The number of nitrogens with zero attached hydrogens (tertiary/aromatic N) is 1. The topological polar surface area (TPSA) is 102 Å². The largest absolute Gasteiger partial charge is 0.495 e. The maximum absolute atomic E-state index is 12.0. The highest BCUT2D eigenvalue weighted by Crippen LogP contribution is 2.30. The second-order valence-corrected chi connectivity index (χ2v) is 6.63. The number of esters is 2. The molecule has 0 heterocycles. The lowest BCUT2D eigenvalue weighted by atomic mass is 10.2. The molecule has 0 aliphatic rings. The van der Waals surface area contributed by atoms with Crippen LogP contribution in [0.5, 0.6) is 5.75 Å². The van der Waals surface area contributed by atoms with Crippen LogP contribution in [-0.4, -0.2) is 47.1 Å². The molecule has 0 radical (unpaired) electrons. The van der Waals surface area contributed by atoms with Gasteiger partial charge in [-0.3, -0.25) is 13.7 Å². The van der Waals surface area contributed by atoms with E-state index in [4.69, 9.17) is 9.47 Å². The van der Waals surface area contributed by atoms with Gasteiger partial charge in [0.15, 0.2) is 0 Å². The van der Waals surface area contributed by atoms with Crippen molar-refractivity contribution in [2.75, 3.05) is 25.1 Å². The number of rotatable bonds is 6. The van der Waals surface area contributed by atoms with E-state index in [2.05, 4.69) is 4.74 Å². The van der Waals surface area contributed by atoms with Gasteiger partial charge in [0.2, 0.25) is 0 Å². The van der Waals surface area contributed by atoms with Gasteiger partial charge in [0.25, 0.3) is 11.3 Å². The van der Waals surface area contributed by atoms with Gasteiger partial charge in [0, 0.05) is 0 Å². The Morgan fingerprint density at radius 2 is 1.88 bits per heavy atom. The van der Waals surface area contributed by atoms with Crippen LogP contribution in [0.25, 0.3) is 0 Å². The molecule has 0 aliphatic carbocycles. The minimum Gasteiger partial charge on any atom is -0.495 e. The normalized spacial score (nSPS) is 12.2. The van der Waals surface area contributed by atoms with E-state index in [1.807, 2.05) is 0 Å². The van der Waals surface area contributed by atoms with Crippen LogP contribution in [0.15, 0.2) is 18.2 Å². The van der Waals surface area contributed by atoms with Crippen molar-refractivity contribution < 1.29 is 32.6 Å². The minimum absolute atomic E-state index is 0.0899. The third-order valence-electron chi connectivity index (χ3n) is 2.75. The zero-order valence-corrected chi connectivity index (χ0v) is 15.0. The van der Waals surface area contributed by atoms with Crippen molar-refractivity contribution in [3.8, 4) is 5.75 Å². The molecule has 0 aliphatic heterocycles. The highest BCUT2D eigenvalue weighted by molar-refractivity contribution is 7.80. The molecule has 134 valence electrons. The molecular formula is C15H21NO7S. The fourth-order valence-corrected chi connectivity index (χ4v) is 2.37. The minimum atomic E-state index is -2.54. The van der Waals surface area contributed by atoms with Crippen molar-refractivity contribution in [1.82, 2.24) is 0 Å². The molecule has 0 aromatic heterocycles. The van der Waals surface area contributed by atoms with Crippen LogP contribution in [0.3, 0.4) is 0 Å². The molecule has 0 fully saturated rings. The van der Waals surface area contributed by atoms with E-state index in [1.54, 1.807) is 20.8 Å². The van der Waals surface area contributed by atoms with E-state index in [1.165, 1.54) is 32.4 Å². The van der Waals surface area contributed by atoms with E-state index in [-0.39, 0.29) is 17.0 Å². The van der Waals surface area contributed by atoms with Crippen molar-refractivity contribution >= 4 is 28.9 Å². The van der Waals surface area contributed by atoms with Gasteiger partial charge in [-0.05, 0) is 39.0 Å². The number of ether oxygens (including phenoxy) is 3. The summed E-state index contributed by atoms with van der Waals surface area (Å²) < 4.78 is 37.0. The van der Waals surface area contributed by atoms with Crippen LogP contribution in [0.4, 0.5) is 5.69 Å². The average molecular weight is 359 g/mol. The molecular weight excluding hydrogens is 338 g/mol. The smallest absolute Gasteiger partial charge is 0.337 e. The summed E-state index contributed by atoms with van der Waals surface area (Å²) in [7, 11) is 2.58. The molecule has 0 saturated carbocycles. The van der Waals surface area contributed by atoms with E-state index < -0.39 is 35.4 Å². The first kappa shape index (κ1) is 19.9. The fourth-order valence-electron chi connectivity index (χ4n) is 1.85. The Morgan fingerprint density at radius 1 is 1.25 bits per heavy atom. The van der Waals surface area contributed by atoms with Crippen LogP contribution in [0.1, 0.15) is 31.1 Å². The molecule has 0 spiro atoms. The maximum atomic E-state index is 12.0. The summed E-state index contributed by atoms with van der Waals surface area (Å²) in [5.74, 6) is -1.11. The van der Waals surface area contributed by atoms with E-state index in [9.17, 15) is 18.4 Å². The summed E-state index contributed by atoms with van der Waals surface area (Å²) in [6, 6.07) is 4.19. The van der Waals surface area contributed by atoms with Crippen LogP contribution in [0, 0.1) is 0 Å². The lowest BCUT2D eigenvalue weighted by molar-refractivity contribution is -0.152. The first-order valence-corrected chi connectivity index (χ1v) is 8.02. The lowest BCUT2D eigenvalue weighted by Crippen LogP contribution is -2.36. The Kier molecular flexibility index (Phi) is 6.73. The Labute approximate surface area is 143 Å². The molecule has 24 heavy (non-hydrogen) atoms. The van der Waals surface area contributed by atoms with Gasteiger partial charge in [-0.15, -0.1) is 0 Å². The van der Waals surface area contributed by atoms with Gasteiger partial charge in [-0.1, -0.05) is 0 Å². The molecule has 8 nitrogen and oxygen atoms in total. The van der Waals surface area contributed by atoms with Crippen molar-refractivity contribution in [3.05, 3.63) is 23.8 Å². The molecule has 0 amide bonds. The summed E-state index contributed by atoms with van der Waals surface area (Å²) in [6.45, 7) is 4.55. The Hall–Kier alpha value is -2.13. The van der Waals surface area contributed by atoms with Crippen molar-refractivity contribution in [1.29, 1.82) is 0 Å². The van der Waals surface area contributed by atoms with Crippen molar-refractivity contribution in [3.63, 3.8) is 0 Å². The van der Waals surface area contributed by atoms with Gasteiger partial charge in [0.05, 0.1) is 25.5 Å². The summed E-state index contributed by atoms with van der Waals surface area (Å²) in [5.41, 5.74) is -0.502. The first-order valence-electron chi connectivity index (χ1n) is 6.95. The fraction of sp³-hybridized carbons (Fsp3) is 0.467. The molecule has 1 rings (SSSR count). The van der Waals surface area contributed by atoms with Crippen LogP contribution in [-0.2, 0) is 25.5 Å². The summed E-state index contributed by atoms with van der Waals surface area (Å²) in [4.78, 5) is 23.6. The van der Waals surface area contributed by atoms with Gasteiger partial charge < -0.3 is 14.2 Å². The number of benzene rings is 1. The van der Waals surface area contributed by atoms with E-state index in [0.717, 1.165) is 4.31 Å². The second kappa shape index (κ2) is 8.11. The molecule has 9 heteroatoms. The lowest BCUT2D eigenvalue weighted by Gasteiger charge is -2.25. The molecule has 1 aromatic rings. The molecule has 0 bridgehead atoms. The zero-order chi connectivity index (χ0) is 18.5. The van der Waals surface area contributed by atoms with Crippen LogP contribution >= 0.6 is 0 Å². The summed E-state index contributed by atoms with van der Waals surface area (Å²) in [5, 5.41) is 0. The summed E-state index contributed by atoms with van der Waals surface area (Å²) >= 11 is -2.54. The first-order chi connectivity index (χ1) is 11.1. The SMILES string of the molecule is COC(=O)c1ccc(OC)c(N(CC(=O)OC(C)(C)C)S(=O)O)c1. The third kappa shape index (κ3) is 5.50. The zero-order valence-electron chi connectivity index (χ0n) is 14.2. The van der Waals surface area contributed by atoms with Gasteiger partial charge in [-0.2, -0.15) is 0 Å². The van der Waals surface area contributed by atoms with Gasteiger partial charge >= 0.3 is 11.9 Å². The number of anilines is 1. The quantitative estimate of drug-likeness (QED) is 0.610. The van der Waals surface area contributed by atoms with Crippen LogP contribution in [0.2, 0.25) is 0 Å². The Morgan fingerprint density at radius 3 is 2.33 bits per heavy atom. The monoisotopic (exact) mass is 359 g/mol. The highest BCUT2D eigenvalue weighted by Gasteiger charge is 2.25. The third-order valence-corrected chi connectivity index (χ3v) is 3.45. The molecule has 1 aromatic carbocycles. The van der Waals surface area contributed by atoms with Crippen molar-refractivity contribution in [2.45, 2.75) is 26.4 Å². The number of methoxy groups -OCH3 is 2. The predicted octanol–water partition coefficient (Wildman–Crippen LogP) is 1.77. The average Bonchev–Trinajstić information content (AvgIpc) is 2.49. The van der Waals surface area contributed by atoms with Crippen molar-refractivity contribution in [2.24, 2.45) is 0 Å². The molecule has 1 unspecified atom stereocenters. The predicted molar refractivity (Wildman–Crippen MR) is 88.3 cm³/mol. The highest BCUT2D eigenvalue weighted by atomic mass is 32.2. The maximum Gasteiger partial charge on any atom is 0.337 e. The standard InChI is InChI=1S/C15H21NO7S/c1-15(2,3)23-13(17)9-16(24(19)20)11-8-10(14(18)22-5)6-7-12(11)21-4/h6-8H,9H2,1-5H3,(H,19,20). The van der Waals surface area contributed by atoms with Gasteiger partial charge in [0.1, 0.15) is 17.9 Å². The number of hydrogen-bond donors (Lipinski definition) is 1. The Bertz CT molecular complexity index is 639. The Balaban J connectivity index is 3.21. The van der Waals surface area contributed by atoms with Crippen LogP contribution < -0.4 is 9.04 Å². The molecule has 1 N–H and O–H groups in total. The second-order valence-electron chi connectivity index (χ2n) is 5.73. The van der Waals surface area contributed by atoms with E-state index in [0.29, 0.717) is 0 Å². The number of carbonyl (C=O) groups excluding carboxylic acids is 2. The van der Waals surface area contributed by atoms with E-state index >= 15 is 0 Å². The number of carbonyl (C=O) groups is 2. The van der Waals surface area contributed by atoms with Gasteiger partial charge in [-0.25, -0.2) is 9.00 Å².